The number of rotatable bonds is 46. The van der Waals surface area contributed by atoms with Crippen LogP contribution >= 0.6 is 0 Å². The average molecular weight is 1150 g/mol. The fourth-order valence-electron chi connectivity index (χ4n) is 6.48. The highest BCUT2D eigenvalue weighted by atomic mass is 16.6. The van der Waals surface area contributed by atoms with Gasteiger partial charge in [0.25, 0.3) is 0 Å². The summed E-state index contributed by atoms with van der Waals surface area (Å²) in [4.78, 5) is 56.6. The molecule has 1 rings (SSSR count). The number of hydrogen-bond acceptors (Lipinski definition) is 25. The van der Waals surface area contributed by atoms with Gasteiger partial charge in [0, 0.05) is 49.1 Å². The van der Waals surface area contributed by atoms with E-state index in [0.29, 0.717) is 106 Å². The number of aliphatic hydroxyl groups is 4. The van der Waals surface area contributed by atoms with E-state index in [9.17, 15) is 34.5 Å². The molecule has 10 N–H and O–H groups in total. The molecule has 1 fully saturated rings. The van der Waals surface area contributed by atoms with Crippen molar-refractivity contribution < 1.29 is 91.7 Å². The van der Waals surface area contributed by atoms with Crippen LogP contribution in [0.4, 0.5) is 0 Å². The zero-order chi connectivity index (χ0) is 60.4. The molecule has 0 aliphatic carbocycles. The highest BCUT2D eigenvalue weighted by molar-refractivity contribution is 5.82. The number of aliphatic hydroxyl groups excluding tert-OH is 4. The van der Waals surface area contributed by atoms with Crippen LogP contribution in [0.5, 0.6) is 0 Å². The van der Waals surface area contributed by atoms with Gasteiger partial charge in [0.2, 0.25) is 0 Å². The van der Waals surface area contributed by atoms with Crippen molar-refractivity contribution in [2.24, 2.45) is 43.4 Å². The van der Waals surface area contributed by atoms with Gasteiger partial charge in [-0.2, -0.15) is 0 Å². The van der Waals surface area contributed by atoms with E-state index in [0.717, 1.165) is 13.0 Å². The normalized spacial score (nSPS) is 15.4. The van der Waals surface area contributed by atoms with Gasteiger partial charge >= 0.3 is 23.9 Å². The molecule has 29 heteroatoms. The molecular weight excluding hydrogens is 1040 g/mol. The third kappa shape index (κ3) is 43.3. The van der Waals surface area contributed by atoms with Gasteiger partial charge < -0.3 is 94.6 Å². The highest BCUT2D eigenvalue weighted by Crippen LogP contribution is 2.46. The topological polar surface area (TPSA) is 428 Å². The number of nitrogens with one attached hydrogen (secondary N) is 2. The molecule has 0 aromatic rings. The van der Waals surface area contributed by atoms with Gasteiger partial charge in [-0.1, -0.05) is 24.1 Å². The van der Waals surface area contributed by atoms with E-state index in [1.54, 1.807) is 41.7 Å². The summed E-state index contributed by atoms with van der Waals surface area (Å²) >= 11 is 0. The van der Waals surface area contributed by atoms with Gasteiger partial charge in [-0.05, 0) is 92.4 Å². The molecule has 0 saturated carbocycles. The molecule has 1 heterocycles. The number of ether oxygens (including phenoxy) is 11. The lowest BCUT2D eigenvalue weighted by atomic mass is 9.65. The molecule has 1 saturated heterocycles. The smallest absolute Gasteiger partial charge is 0.311 e. The SMILES string of the molecule is CCC(C)(C)C(=O)OCC1CO1.CCC(C)(CC(C)(CC(C)(C)C(=O)OCC(O)CO)C(=O)OCC(O)CNCCOCCOCCOCCN=[N+]=[N-])C(=O)OCC(O)CNC.CN.[N-]=[N+]=NCCOCCOCCOCCN. The van der Waals surface area contributed by atoms with Crippen molar-refractivity contribution in [1.82, 2.24) is 10.6 Å². The van der Waals surface area contributed by atoms with Crippen LogP contribution in [0.1, 0.15) is 81.1 Å². The molecule has 0 aromatic heterocycles. The molecule has 29 nitrogen and oxygen atoms in total. The Kier molecular flexibility index (Phi) is 49.8. The largest absolute Gasteiger partial charge is 0.462 e. The molecule has 0 spiro atoms. The Morgan fingerprint density at radius 3 is 1.46 bits per heavy atom. The quantitative estimate of drug-likeness (QED) is 0.00810. The summed E-state index contributed by atoms with van der Waals surface area (Å²) in [6.07, 6.45) is -2.25. The average Bonchev–Trinajstić information content (AvgIpc) is 4.27. The Balaban J connectivity index is -0.00000160. The number of epoxide rings is 1. The summed E-state index contributed by atoms with van der Waals surface area (Å²) in [6, 6.07) is 0. The first-order chi connectivity index (χ1) is 37.6. The van der Waals surface area contributed by atoms with E-state index >= 15 is 0 Å². The highest BCUT2D eigenvalue weighted by Gasteiger charge is 2.50. The lowest BCUT2D eigenvalue weighted by molar-refractivity contribution is -0.172. The van der Waals surface area contributed by atoms with Crippen LogP contribution in [0.25, 0.3) is 20.9 Å². The monoisotopic (exact) mass is 1140 g/mol. The third-order valence-electron chi connectivity index (χ3n) is 11.4. The molecule has 1 aliphatic heterocycles. The minimum Gasteiger partial charge on any atom is -0.462 e. The molecular formula is C50H100N10O19. The minimum absolute atomic E-state index is 0.0912. The fraction of sp³-hybridized carbons (Fsp3) is 0.920. The molecule has 0 bridgehead atoms. The second-order valence-electron chi connectivity index (χ2n) is 19.6. The predicted octanol–water partition coefficient (Wildman–Crippen LogP) is 1.33. The number of esters is 4. The van der Waals surface area contributed by atoms with Crippen LogP contribution < -0.4 is 22.1 Å². The van der Waals surface area contributed by atoms with Crippen LogP contribution in [-0.2, 0) is 71.3 Å². The summed E-state index contributed by atoms with van der Waals surface area (Å²) in [6.45, 7) is 20.4. The van der Waals surface area contributed by atoms with Crippen LogP contribution in [-0.4, -0.2) is 241 Å². The summed E-state index contributed by atoms with van der Waals surface area (Å²) in [5.41, 5.74) is 21.6. The number of azide groups is 2. The third-order valence-corrected chi connectivity index (χ3v) is 11.4. The number of carbonyl (C=O) groups is 4. The molecule has 0 radical (unpaired) electrons. The molecule has 79 heavy (non-hydrogen) atoms. The Bertz CT molecular complexity index is 1660. The number of carbonyl (C=O) groups excluding carboxylic acids is 4. The first kappa shape index (κ1) is 79.1. The van der Waals surface area contributed by atoms with Gasteiger partial charge in [-0.25, -0.2) is 0 Å². The van der Waals surface area contributed by atoms with E-state index in [1.165, 1.54) is 7.05 Å². The number of hydrogen-bond donors (Lipinski definition) is 8. The van der Waals surface area contributed by atoms with E-state index in [2.05, 4.69) is 36.4 Å². The Hall–Kier alpha value is -4.10. The van der Waals surface area contributed by atoms with Crippen LogP contribution in [0.2, 0.25) is 0 Å². The van der Waals surface area contributed by atoms with E-state index < -0.39 is 65.7 Å². The van der Waals surface area contributed by atoms with Gasteiger partial charge in [0.1, 0.15) is 50.8 Å². The summed E-state index contributed by atoms with van der Waals surface area (Å²) in [7, 11) is 3.15. The lowest BCUT2D eigenvalue weighted by Crippen LogP contribution is -2.45. The standard InChI is InChI=1S/C32H61N5O13.C9H16O3.C8H18N4O3.CH5N/c1-7-31(4,28(43)49-19-24(39)16-34-6)23-32(5,22-30(2,3)27(42)48-21-26(41)18-38)29(44)50-20-25(40)17-35-8-10-45-12-14-47-15-13-46-11-9-36-37-33;1-4-9(2,3)8(10)12-6-7-5-11-7;9-1-3-13-5-7-15-8-6-14-4-2-11-12-10;1-2/h24-26,34-35,38-41H,7-23H2,1-6H3;7H,4-6H2,1-3H3;1-9H2;2H2,1H3. The number of nitrogens with zero attached hydrogens (tertiary/aromatic N) is 6. The summed E-state index contributed by atoms with van der Waals surface area (Å²) < 4.78 is 57.6. The van der Waals surface area contributed by atoms with Gasteiger partial charge in [-0.3, -0.25) is 19.2 Å². The zero-order valence-corrected chi connectivity index (χ0v) is 48.9. The van der Waals surface area contributed by atoms with Crippen molar-refractivity contribution in [3.63, 3.8) is 0 Å². The van der Waals surface area contributed by atoms with E-state index in [-0.39, 0.29) is 69.6 Å². The van der Waals surface area contributed by atoms with Crippen LogP contribution in [0.3, 0.4) is 0 Å². The van der Waals surface area contributed by atoms with Gasteiger partial charge in [0.05, 0.1) is 114 Å². The molecule has 464 valence electrons. The van der Waals surface area contributed by atoms with Gasteiger partial charge in [0.15, 0.2) is 0 Å². The summed E-state index contributed by atoms with van der Waals surface area (Å²) in [5.74, 6) is -2.24. The van der Waals surface area contributed by atoms with E-state index in [4.69, 9.17) is 74.0 Å². The lowest BCUT2D eigenvalue weighted by Gasteiger charge is -2.39. The number of likely N-dealkylation sites (N-methyl/N-ethyl adjacent to an activating group) is 1. The van der Waals surface area contributed by atoms with Crippen molar-refractivity contribution in [1.29, 1.82) is 0 Å². The molecule has 0 aromatic carbocycles. The van der Waals surface area contributed by atoms with Gasteiger partial charge in [-0.15, -0.1) is 0 Å². The maximum absolute atomic E-state index is 13.7. The first-order valence-electron chi connectivity index (χ1n) is 26.6. The summed E-state index contributed by atoms with van der Waals surface area (Å²) in [5, 5.41) is 51.7. The van der Waals surface area contributed by atoms with Crippen molar-refractivity contribution in [2.45, 2.75) is 105 Å². The second-order valence-corrected chi connectivity index (χ2v) is 19.6. The number of nitrogens with two attached hydrogens (primary N) is 2. The maximum atomic E-state index is 13.7. The Morgan fingerprint density at radius 1 is 0.608 bits per heavy atom. The molecule has 6 unspecified atom stereocenters. The fourth-order valence-corrected chi connectivity index (χ4v) is 6.48. The maximum Gasteiger partial charge on any atom is 0.311 e. The zero-order valence-electron chi connectivity index (χ0n) is 48.9. The predicted molar refractivity (Wildman–Crippen MR) is 291 cm³/mol. The van der Waals surface area contributed by atoms with Crippen molar-refractivity contribution in [2.75, 3.05) is 172 Å². The first-order valence-corrected chi connectivity index (χ1v) is 26.6. The molecule has 6 atom stereocenters. The van der Waals surface area contributed by atoms with Crippen molar-refractivity contribution in [3.05, 3.63) is 20.9 Å². The molecule has 1 aliphatic rings. The molecule has 0 amide bonds. The van der Waals surface area contributed by atoms with Crippen LogP contribution in [0.15, 0.2) is 10.2 Å². The Labute approximate surface area is 467 Å². The van der Waals surface area contributed by atoms with Crippen molar-refractivity contribution >= 4 is 23.9 Å². The van der Waals surface area contributed by atoms with Crippen molar-refractivity contribution in [3.8, 4) is 0 Å². The minimum atomic E-state index is -1.45. The van der Waals surface area contributed by atoms with E-state index in [1.807, 2.05) is 20.8 Å². The second kappa shape index (κ2) is 49.7. The van der Waals surface area contributed by atoms with Crippen LogP contribution in [0, 0.1) is 21.7 Å². The Morgan fingerprint density at radius 2 is 1.03 bits per heavy atom.